The average molecular weight is 655 g/mol. The largest absolute Gasteiger partial charge is 0.366 e. The van der Waals surface area contributed by atoms with E-state index in [4.69, 9.17) is 0 Å². The van der Waals surface area contributed by atoms with Gasteiger partial charge >= 0.3 is 0 Å². The molecule has 0 rings (SSSR count). The van der Waals surface area contributed by atoms with Gasteiger partial charge in [-0.25, -0.2) is 0 Å². The highest BCUT2D eigenvalue weighted by molar-refractivity contribution is 7.70. The quantitative estimate of drug-likeness (QED) is 0.0324. The predicted octanol–water partition coefficient (Wildman–Crippen LogP) is 11.5. The molecule has 266 valence electrons. The van der Waals surface area contributed by atoms with Crippen molar-refractivity contribution in [2.75, 3.05) is 27.3 Å². The molecule has 0 aromatic heterocycles. The summed E-state index contributed by atoms with van der Waals surface area (Å²) in [7, 11) is 3.31. The molecule has 0 heterocycles. The number of carbonyl (C=O) groups excluding carboxylic acids is 3. The third kappa shape index (κ3) is 19.1. The maximum absolute atomic E-state index is 13.9. The lowest BCUT2D eigenvalue weighted by Crippen LogP contribution is -2.70. The van der Waals surface area contributed by atoms with Crippen molar-refractivity contribution in [1.82, 2.24) is 0 Å². The first-order valence-corrected chi connectivity index (χ1v) is 21.0. The molecule has 0 amide bonds. The monoisotopic (exact) mass is 655 g/mol. The lowest BCUT2D eigenvalue weighted by molar-refractivity contribution is -0.892. The minimum Gasteiger partial charge on any atom is -0.366 e. The van der Waals surface area contributed by atoms with Crippen LogP contribution < -0.4 is 0 Å². The molecular weight excluding hydrogens is 577 g/mol. The van der Waals surface area contributed by atoms with E-state index in [-0.39, 0.29) is 35.1 Å². The van der Waals surface area contributed by atoms with E-state index < -0.39 is 19.2 Å². The van der Waals surface area contributed by atoms with E-state index in [0.29, 0.717) is 12.8 Å². The average Bonchev–Trinajstić information content (AvgIpc) is 3.00. The zero-order chi connectivity index (χ0) is 33.8. The van der Waals surface area contributed by atoms with Crippen molar-refractivity contribution >= 4 is 25.2 Å². The highest BCUT2D eigenvalue weighted by atomic mass is 31.1. The van der Waals surface area contributed by atoms with Gasteiger partial charge in [-0.1, -0.05) is 175 Å². The van der Waals surface area contributed by atoms with Gasteiger partial charge in [0.25, 0.3) is 11.1 Å². The summed E-state index contributed by atoms with van der Waals surface area (Å²) in [6, 6.07) is 0. The van der Waals surface area contributed by atoms with E-state index in [1.807, 2.05) is 0 Å². The first-order valence-electron chi connectivity index (χ1n) is 19.5. The predicted molar refractivity (Wildman–Crippen MR) is 196 cm³/mol. The molecule has 0 aliphatic heterocycles. The van der Waals surface area contributed by atoms with Crippen LogP contribution in [0, 0.1) is 0 Å². The number of likely N-dealkylation sites (N-methyl/N-ethyl adjacent to an activating group) is 1. The van der Waals surface area contributed by atoms with Crippen LogP contribution in [0.2, 0.25) is 0 Å². The Morgan fingerprint density at radius 3 is 0.933 bits per heavy atom. The fourth-order valence-corrected chi connectivity index (χ4v) is 7.94. The molecule has 0 aliphatic rings. The number of rotatable bonds is 34. The Hall–Kier alpha value is -0.640. The van der Waals surface area contributed by atoms with Crippen molar-refractivity contribution in [1.29, 1.82) is 0 Å². The Labute approximate surface area is 281 Å². The van der Waals surface area contributed by atoms with E-state index in [1.54, 1.807) is 28.1 Å². The van der Waals surface area contributed by atoms with Crippen LogP contribution >= 0.6 is 8.15 Å². The van der Waals surface area contributed by atoms with E-state index in [1.165, 1.54) is 128 Å². The maximum atomic E-state index is 13.9. The third-order valence-corrected chi connectivity index (χ3v) is 11.1. The van der Waals surface area contributed by atoms with Gasteiger partial charge in [0.1, 0.15) is 8.15 Å². The Morgan fingerprint density at radius 2 is 0.711 bits per heavy atom. The number of quaternary nitrogens is 1. The molecule has 0 spiro atoms. The van der Waals surface area contributed by atoms with Crippen molar-refractivity contribution < 1.29 is 23.8 Å². The van der Waals surface area contributed by atoms with Crippen LogP contribution in [0.25, 0.3) is 0 Å². The van der Waals surface area contributed by atoms with Gasteiger partial charge in [0.2, 0.25) is 11.6 Å². The van der Waals surface area contributed by atoms with Crippen molar-refractivity contribution in [3.05, 3.63) is 0 Å². The number of Topliss-reactive ketones (excluding diaryl/α,β-unsaturated/α-hetero) is 2. The smallest absolute Gasteiger partial charge is 0.281 e. The van der Waals surface area contributed by atoms with Gasteiger partial charge in [0, 0.05) is 12.8 Å². The second kappa shape index (κ2) is 28.4. The summed E-state index contributed by atoms with van der Waals surface area (Å²) in [6.07, 6.45) is 32.5. The van der Waals surface area contributed by atoms with E-state index in [9.17, 15) is 19.3 Å². The molecule has 0 aromatic carbocycles. The molecule has 1 N–H and O–H groups in total. The van der Waals surface area contributed by atoms with Gasteiger partial charge in [-0.2, -0.15) is 0 Å². The lowest BCUT2D eigenvalue weighted by Gasteiger charge is -2.43. The Morgan fingerprint density at radius 1 is 0.467 bits per heavy atom. The van der Waals surface area contributed by atoms with Crippen LogP contribution in [0.3, 0.4) is 0 Å². The number of nitrogens with zero attached hydrogens (tertiary/aromatic N) is 1. The molecule has 0 bridgehead atoms. The maximum Gasteiger partial charge on any atom is 0.281 e. The minimum atomic E-state index is -2.03. The molecule has 0 saturated carbocycles. The molecule has 0 saturated heterocycles. The fourth-order valence-electron chi connectivity index (χ4n) is 6.73. The third-order valence-electron chi connectivity index (χ3n) is 9.67. The van der Waals surface area contributed by atoms with Crippen molar-refractivity contribution in [2.24, 2.45) is 0 Å². The normalized spacial score (nSPS) is 12.9. The number of carbonyl (C=O) groups is 3. The molecule has 1 atom stereocenters. The van der Waals surface area contributed by atoms with Crippen LogP contribution in [0.1, 0.15) is 201 Å². The summed E-state index contributed by atoms with van der Waals surface area (Å²) in [5.41, 5.74) is -2.32. The molecule has 0 fully saturated rings. The van der Waals surface area contributed by atoms with Gasteiger partial charge in [-0.05, 0) is 19.0 Å². The summed E-state index contributed by atoms with van der Waals surface area (Å²) in [5, 5.41) is 0. The molecule has 1 unspecified atom stereocenters. The Bertz CT molecular complexity index is 706. The van der Waals surface area contributed by atoms with E-state index >= 15 is 0 Å². The standard InChI is InChI=1S/C39H77NO4P/c1-7-10-12-14-16-18-20-22-24-26-28-30-32-34-36(41)39(40(4,5)6,38(43)45(44)9-3)37(42)35-33-31-29-27-25-23-21-19-17-15-13-11-8-2/h44H,7-35H2,1-6H3/q+1. The van der Waals surface area contributed by atoms with Gasteiger partial charge < -0.3 is 9.38 Å². The first-order chi connectivity index (χ1) is 21.6. The Balaban J connectivity index is 4.70. The zero-order valence-electron chi connectivity index (χ0n) is 31.1. The fraction of sp³-hybridized carbons (Fsp3) is 0.923. The van der Waals surface area contributed by atoms with Gasteiger partial charge in [0.05, 0.1) is 21.1 Å². The van der Waals surface area contributed by atoms with Crippen molar-refractivity contribution in [3.63, 3.8) is 0 Å². The number of hydrogen-bond donors (Lipinski definition) is 1. The van der Waals surface area contributed by atoms with Crippen LogP contribution in [0.5, 0.6) is 0 Å². The molecule has 0 radical (unpaired) electrons. The van der Waals surface area contributed by atoms with E-state index in [0.717, 1.165) is 25.7 Å². The topological polar surface area (TPSA) is 71.4 Å². The molecule has 0 aromatic rings. The lowest BCUT2D eigenvalue weighted by atomic mass is 9.82. The van der Waals surface area contributed by atoms with Crippen molar-refractivity contribution in [2.45, 2.75) is 206 Å². The van der Waals surface area contributed by atoms with Gasteiger partial charge in [-0.15, -0.1) is 0 Å². The molecule has 45 heavy (non-hydrogen) atoms. The molecule has 0 aliphatic carbocycles. The van der Waals surface area contributed by atoms with Crippen molar-refractivity contribution in [3.8, 4) is 0 Å². The van der Waals surface area contributed by atoms with Gasteiger partial charge in [0.15, 0.2) is 0 Å². The Kier molecular flexibility index (Phi) is 28.0. The number of unbranched alkanes of at least 4 members (excludes halogenated alkanes) is 24. The highest BCUT2D eigenvalue weighted by Gasteiger charge is 2.62. The first kappa shape index (κ1) is 44.4. The van der Waals surface area contributed by atoms with Crippen LogP contribution in [-0.4, -0.2) is 59.3 Å². The van der Waals surface area contributed by atoms with Crippen LogP contribution in [0.15, 0.2) is 0 Å². The minimum absolute atomic E-state index is 0.0697. The molecular formula is C39H77NO4P+. The zero-order valence-corrected chi connectivity index (χ0v) is 32.0. The number of hydrogen-bond acceptors (Lipinski definition) is 4. The summed E-state index contributed by atoms with van der Waals surface area (Å²) in [5.74, 6) is -0.560. The summed E-state index contributed by atoms with van der Waals surface area (Å²) in [4.78, 5) is 52.2. The molecule has 5 nitrogen and oxygen atoms in total. The molecule has 6 heteroatoms. The number of ketones is 2. The highest BCUT2D eigenvalue weighted by Crippen LogP contribution is 2.42. The summed E-state index contributed by atoms with van der Waals surface area (Å²) in [6.45, 7) is 6.28. The van der Waals surface area contributed by atoms with Crippen LogP contribution in [0.4, 0.5) is 0 Å². The van der Waals surface area contributed by atoms with Crippen LogP contribution in [-0.2, 0) is 14.4 Å². The van der Waals surface area contributed by atoms with Gasteiger partial charge in [-0.3, -0.25) is 14.4 Å². The van der Waals surface area contributed by atoms with E-state index in [2.05, 4.69) is 13.8 Å². The summed E-state index contributed by atoms with van der Waals surface area (Å²) < 4.78 is -0.0697. The SMILES string of the molecule is CCCCCCCCCCCCCCCC(=O)C(C(=O)CCCCCCCCCCCCCCC)(C(=O)P(O)CC)[N+](C)(C)C. The summed E-state index contributed by atoms with van der Waals surface area (Å²) >= 11 is 0. The second-order valence-electron chi connectivity index (χ2n) is 14.6. The second-order valence-corrected chi connectivity index (χ2v) is 16.4.